The van der Waals surface area contributed by atoms with Crippen LogP contribution in [-0.4, -0.2) is 26.6 Å². The third-order valence-corrected chi connectivity index (χ3v) is 4.77. The molecule has 6 nitrogen and oxygen atoms in total. The molecule has 1 aliphatic rings. The molecule has 24 heavy (non-hydrogen) atoms. The van der Waals surface area contributed by atoms with E-state index in [1.165, 1.54) is 30.5 Å². The van der Waals surface area contributed by atoms with Crippen LogP contribution in [0.5, 0.6) is 0 Å². The molecule has 2 heterocycles. The Labute approximate surface area is 142 Å². The molecule has 0 fully saturated rings. The van der Waals surface area contributed by atoms with Gasteiger partial charge in [-0.3, -0.25) is 9.59 Å². The maximum atomic E-state index is 12.6. The Morgan fingerprint density at radius 3 is 2.83 bits per heavy atom. The molecule has 0 aliphatic heterocycles. The standard InChI is InChI=1S/C17H13N3O3S/c1-9(21)6-14-20-13-5-4-12(16(23)17(13)24-14)15(22)10-2-3-11(7-18)19-8-10/h2-3,8,22H,4-6H2,1H3/b15-12-. The monoisotopic (exact) mass is 339 g/mol. The molecule has 1 N–H and O–H groups in total. The third-order valence-electron chi connectivity index (χ3n) is 3.67. The number of aryl methyl sites for hydroxylation is 1. The van der Waals surface area contributed by atoms with E-state index in [1.807, 2.05) is 6.07 Å². The minimum Gasteiger partial charge on any atom is -0.507 e. The van der Waals surface area contributed by atoms with Crippen molar-refractivity contribution in [3.8, 4) is 6.07 Å². The molecule has 0 bridgehead atoms. The van der Waals surface area contributed by atoms with Crippen LogP contribution in [0.1, 0.15) is 45.0 Å². The number of pyridine rings is 1. The van der Waals surface area contributed by atoms with Gasteiger partial charge in [-0.15, -0.1) is 11.3 Å². The second-order valence-electron chi connectivity index (χ2n) is 5.46. The maximum absolute atomic E-state index is 12.6. The highest BCUT2D eigenvalue weighted by molar-refractivity contribution is 7.14. The number of thiazole rings is 1. The fourth-order valence-electron chi connectivity index (χ4n) is 2.53. The predicted octanol–water partition coefficient (Wildman–Crippen LogP) is 2.64. The molecule has 1 aliphatic carbocycles. The normalized spacial score (nSPS) is 15.6. The molecular weight excluding hydrogens is 326 g/mol. The van der Waals surface area contributed by atoms with Gasteiger partial charge in [0.15, 0.2) is 0 Å². The van der Waals surface area contributed by atoms with E-state index in [0.717, 1.165) is 0 Å². The summed E-state index contributed by atoms with van der Waals surface area (Å²) in [6.45, 7) is 1.48. The molecule has 0 atom stereocenters. The van der Waals surface area contributed by atoms with Gasteiger partial charge < -0.3 is 5.11 Å². The second-order valence-corrected chi connectivity index (χ2v) is 6.55. The van der Waals surface area contributed by atoms with E-state index in [4.69, 9.17) is 5.26 Å². The number of nitriles is 1. The van der Waals surface area contributed by atoms with Crippen LogP contribution in [0.15, 0.2) is 23.9 Å². The predicted molar refractivity (Wildman–Crippen MR) is 87.7 cm³/mol. The zero-order valence-electron chi connectivity index (χ0n) is 12.9. The summed E-state index contributed by atoms with van der Waals surface area (Å²) in [6.07, 6.45) is 2.51. The molecule has 0 saturated heterocycles. The highest BCUT2D eigenvalue weighted by atomic mass is 32.1. The Hall–Kier alpha value is -2.85. The highest BCUT2D eigenvalue weighted by Gasteiger charge is 2.29. The molecule has 0 amide bonds. The van der Waals surface area contributed by atoms with Crippen molar-refractivity contribution >= 4 is 28.7 Å². The van der Waals surface area contributed by atoms with E-state index in [-0.39, 0.29) is 29.4 Å². The van der Waals surface area contributed by atoms with Crippen molar-refractivity contribution in [3.05, 3.63) is 50.7 Å². The van der Waals surface area contributed by atoms with Gasteiger partial charge >= 0.3 is 0 Å². The number of hydrogen-bond acceptors (Lipinski definition) is 7. The summed E-state index contributed by atoms with van der Waals surface area (Å²) in [4.78, 5) is 32.6. The third kappa shape index (κ3) is 2.96. The van der Waals surface area contributed by atoms with Gasteiger partial charge in [0.1, 0.15) is 28.3 Å². The van der Waals surface area contributed by atoms with Crippen molar-refractivity contribution in [3.63, 3.8) is 0 Å². The van der Waals surface area contributed by atoms with Crippen molar-refractivity contribution in [2.24, 2.45) is 0 Å². The fourth-order valence-corrected chi connectivity index (χ4v) is 3.68. The quantitative estimate of drug-likeness (QED) is 0.681. The molecule has 0 unspecified atom stereocenters. The first kappa shape index (κ1) is 16.0. The highest BCUT2D eigenvalue weighted by Crippen LogP contribution is 2.33. The summed E-state index contributed by atoms with van der Waals surface area (Å²) in [7, 11) is 0. The number of nitrogens with zero attached hydrogens (tertiary/aromatic N) is 3. The number of aliphatic hydroxyl groups excluding tert-OH is 1. The number of Topliss-reactive ketones (excluding diaryl/α,β-unsaturated/α-hetero) is 2. The van der Waals surface area contributed by atoms with Gasteiger partial charge in [0, 0.05) is 17.3 Å². The number of fused-ring (bicyclic) bond motifs is 1. The zero-order valence-corrected chi connectivity index (χ0v) is 13.7. The van der Waals surface area contributed by atoms with Crippen molar-refractivity contribution in [2.45, 2.75) is 26.2 Å². The molecule has 120 valence electrons. The number of carbonyl (C=O) groups excluding carboxylic acids is 2. The van der Waals surface area contributed by atoms with E-state index in [2.05, 4.69) is 9.97 Å². The van der Waals surface area contributed by atoms with Crippen LogP contribution >= 0.6 is 11.3 Å². The Bertz CT molecular complexity index is 904. The lowest BCUT2D eigenvalue weighted by molar-refractivity contribution is -0.116. The van der Waals surface area contributed by atoms with Crippen LogP contribution < -0.4 is 0 Å². The Morgan fingerprint density at radius 2 is 2.21 bits per heavy atom. The number of aliphatic hydroxyl groups is 1. The van der Waals surface area contributed by atoms with Crippen LogP contribution in [0.4, 0.5) is 0 Å². The van der Waals surface area contributed by atoms with Crippen molar-refractivity contribution in [2.75, 3.05) is 0 Å². The van der Waals surface area contributed by atoms with Crippen LogP contribution in [-0.2, 0) is 17.6 Å². The van der Waals surface area contributed by atoms with Gasteiger partial charge in [-0.1, -0.05) is 0 Å². The molecule has 0 radical (unpaired) electrons. The van der Waals surface area contributed by atoms with E-state index < -0.39 is 0 Å². The summed E-state index contributed by atoms with van der Waals surface area (Å²) >= 11 is 1.21. The summed E-state index contributed by atoms with van der Waals surface area (Å²) < 4.78 is 0. The first-order chi connectivity index (χ1) is 11.5. The first-order valence-corrected chi connectivity index (χ1v) is 8.12. The Morgan fingerprint density at radius 1 is 1.42 bits per heavy atom. The lowest BCUT2D eigenvalue weighted by Crippen LogP contribution is -2.14. The van der Waals surface area contributed by atoms with E-state index in [9.17, 15) is 14.7 Å². The average Bonchev–Trinajstić information content (AvgIpc) is 2.97. The van der Waals surface area contributed by atoms with Crippen LogP contribution in [0.2, 0.25) is 0 Å². The average molecular weight is 339 g/mol. The topological polar surface area (TPSA) is 104 Å². The molecule has 2 aromatic heterocycles. The van der Waals surface area contributed by atoms with E-state index in [1.54, 1.807) is 6.07 Å². The molecule has 0 aromatic carbocycles. The minimum absolute atomic E-state index is 0.00387. The van der Waals surface area contributed by atoms with Gasteiger partial charge in [0.05, 0.1) is 17.0 Å². The Kier molecular flexibility index (Phi) is 4.23. The second kappa shape index (κ2) is 6.34. The van der Waals surface area contributed by atoms with Crippen molar-refractivity contribution in [1.82, 2.24) is 9.97 Å². The zero-order chi connectivity index (χ0) is 17.3. The molecule has 0 spiro atoms. The lowest BCUT2D eigenvalue weighted by atomic mass is 9.93. The molecule has 2 aromatic rings. The van der Waals surface area contributed by atoms with Gasteiger partial charge in [-0.25, -0.2) is 9.97 Å². The number of aromatic nitrogens is 2. The SMILES string of the molecule is CC(=O)Cc1nc2c(s1)C(=O)/C(=C(\O)c1ccc(C#N)nc1)CC2. The molecule has 3 rings (SSSR count). The minimum atomic E-state index is -0.259. The van der Waals surface area contributed by atoms with Crippen molar-refractivity contribution < 1.29 is 14.7 Å². The Balaban J connectivity index is 1.95. The number of allylic oxidation sites excluding steroid dienone is 1. The largest absolute Gasteiger partial charge is 0.507 e. The first-order valence-electron chi connectivity index (χ1n) is 7.31. The summed E-state index contributed by atoms with van der Waals surface area (Å²) in [5.74, 6) is -0.384. The number of carbonyl (C=O) groups is 2. The lowest BCUT2D eigenvalue weighted by Gasteiger charge is -2.14. The van der Waals surface area contributed by atoms with Crippen LogP contribution in [0, 0.1) is 11.3 Å². The number of ketones is 2. The smallest absolute Gasteiger partial charge is 0.204 e. The fraction of sp³-hybridized carbons (Fsp3) is 0.235. The van der Waals surface area contributed by atoms with Gasteiger partial charge in [-0.2, -0.15) is 5.26 Å². The number of hydrogen-bond donors (Lipinski definition) is 1. The van der Waals surface area contributed by atoms with Gasteiger partial charge in [-0.05, 0) is 31.9 Å². The van der Waals surface area contributed by atoms with E-state index in [0.29, 0.717) is 39.6 Å². The summed E-state index contributed by atoms with van der Waals surface area (Å²) in [6, 6.07) is 4.95. The number of rotatable bonds is 3. The maximum Gasteiger partial charge on any atom is 0.204 e. The molecule has 7 heteroatoms. The molecular formula is C17H13N3O3S. The van der Waals surface area contributed by atoms with Gasteiger partial charge in [0.25, 0.3) is 0 Å². The van der Waals surface area contributed by atoms with Gasteiger partial charge in [0.2, 0.25) is 5.78 Å². The summed E-state index contributed by atoms with van der Waals surface area (Å²) in [5.41, 5.74) is 1.64. The van der Waals surface area contributed by atoms with Crippen molar-refractivity contribution in [1.29, 1.82) is 5.26 Å². The molecule has 0 saturated carbocycles. The summed E-state index contributed by atoms with van der Waals surface area (Å²) in [5, 5.41) is 19.8. The van der Waals surface area contributed by atoms with E-state index >= 15 is 0 Å². The van der Waals surface area contributed by atoms with Crippen LogP contribution in [0.25, 0.3) is 5.76 Å². The van der Waals surface area contributed by atoms with Crippen LogP contribution in [0.3, 0.4) is 0 Å².